The summed E-state index contributed by atoms with van der Waals surface area (Å²) in [7, 11) is 0. The summed E-state index contributed by atoms with van der Waals surface area (Å²) in [4.78, 5) is 31.5. The molecule has 0 saturated carbocycles. The molecular weight excluding hydrogens is 336 g/mol. The zero-order chi connectivity index (χ0) is 18.5. The van der Waals surface area contributed by atoms with Gasteiger partial charge in [0.15, 0.2) is 5.82 Å². The number of carbonyl (C=O) groups is 2. The summed E-state index contributed by atoms with van der Waals surface area (Å²) in [5, 5.41) is 16.0. The molecule has 2 amide bonds. The standard InChI is InChI=1S/C17H18N6O3/c18-10-12-6-8-22(9-7-12)17(25)26-23-11-14(15(19)24)16(21-23)20-13-4-2-1-3-5-13/h1-5,11-12H,6-9H2,(H2,19,24)(H,20,21). The van der Waals surface area contributed by atoms with Gasteiger partial charge in [0.2, 0.25) is 0 Å². The van der Waals surface area contributed by atoms with Crippen LogP contribution in [-0.4, -0.2) is 39.9 Å². The predicted octanol–water partition coefficient (Wildman–Crippen LogP) is 1.51. The topological polar surface area (TPSA) is 126 Å². The molecule has 1 aromatic carbocycles. The second kappa shape index (κ2) is 7.57. The fourth-order valence-electron chi connectivity index (χ4n) is 2.66. The number of anilines is 2. The number of carbonyl (C=O) groups excluding carboxylic acids is 2. The first-order valence-corrected chi connectivity index (χ1v) is 8.15. The fraction of sp³-hybridized carbons (Fsp3) is 0.294. The van der Waals surface area contributed by atoms with Gasteiger partial charge in [-0.15, -0.1) is 5.10 Å². The van der Waals surface area contributed by atoms with Gasteiger partial charge < -0.3 is 16.0 Å². The van der Waals surface area contributed by atoms with E-state index >= 15 is 0 Å². The van der Waals surface area contributed by atoms with E-state index in [9.17, 15) is 9.59 Å². The van der Waals surface area contributed by atoms with E-state index < -0.39 is 12.0 Å². The van der Waals surface area contributed by atoms with Gasteiger partial charge in [-0.25, -0.2) is 4.79 Å². The van der Waals surface area contributed by atoms with Crippen molar-refractivity contribution < 1.29 is 14.4 Å². The lowest BCUT2D eigenvalue weighted by Gasteiger charge is -2.27. The molecule has 1 aliphatic heterocycles. The third-order valence-electron chi connectivity index (χ3n) is 4.10. The number of benzene rings is 1. The second-order valence-electron chi connectivity index (χ2n) is 5.90. The Kier molecular flexibility index (Phi) is 5.03. The number of nitriles is 1. The van der Waals surface area contributed by atoms with Gasteiger partial charge in [-0.3, -0.25) is 9.63 Å². The molecule has 0 atom stereocenters. The van der Waals surface area contributed by atoms with Gasteiger partial charge in [0.25, 0.3) is 5.91 Å². The van der Waals surface area contributed by atoms with Gasteiger partial charge in [0.1, 0.15) is 5.56 Å². The third kappa shape index (κ3) is 3.92. The number of hydrogen-bond donors (Lipinski definition) is 2. The zero-order valence-electron chi connectivity index (χ0n) is 14.0. The zero-order valence-corrected chi connectivity index (χ0v) is 14.0. The minimum Gasteiger partial charge on any atom is -0.365 e. The first-order chi connectivity index (χ1) is 12.6. The Bertz CT molecular complexity index is 834. The third-order valence-corrected chi connectivity index (χ3v) is 4.10. The molecule has 0 unspecified atom stereocenters. The SMILES string of the molecule is N#CC1CCN(C(=O)On2cc(C(N)=O)c(Nc3ccccc3)n2)CC1. The van der Waals surface area contributed by atoms with Crippen LogP contribution in [0.15, 0.2) is 36.5 Å². The highest BCUT2D eigenvalue weighted by Gasteiger charge is 2.25. The lowest BCUT2D eigenvalue weighted by atomic mass is 9.99. The van der Waals surface area contributed by atoms with Crippen LogP contribution < -0.4 is 15.9 Å². The Hall–Kier alpha value is -3.54. The van der Waals surface area contributed by atoms with Crippen LogP contribution in [0, 0.1) is 17.2 Å². The van der Waals surface area contributed by atoms with Crippen molar-refractivity contribution in [2.45, 2.75) is 12.8 Å². The van der Waals surface area contributed by atoms with Crippen molar-refractivity contribution in [1.29, 1.82) is 5.26 Å². The second-order valence-corrected chi connectivity index (χ2v) is 5.90. The van der Waals surface area contributed by atoms with E-state index in [1.807, 2.05) is 18.2 Å². The molecule has 134 valence electrons. The molecule has 0 bridgehead atoms. The van der Waals surface area contributed by atoms with Crippen LogP contribution in [-0.2, 0) is 0 Å². The Balaban J connectivity index is 1.70. The molecule has 1 fully saturated rings. The van der Waals surface area contributed by atoms with Gasteiger partial charge >= 0.3 is 6.09 Å². The molecule has 2 heterocycles. The average Bonchev–Trinajstić information content (AvgIpc) is 3.05. The van der Waals surface area contributed by atoms with Gasteiger partial charge in [-0.2, -0.15) is 5.26 Å². The first kappa shape index (κ1) is 17.3. The molecule has 9 heteroatoms. The maximum atomic E-state index is 12.2. The van der Waals surface area contributed by atoms with Crippen molar-refractivity contribution >= 4 is 23.5 Å². The van der Waals surface area contributed by atoms with Crippen molar-refractivity contribution in [2.75, 3.05) is 18.4 Å². The first-order valence-electron chi connectivity index (χ1n) is 8.15. The number of nitrogens with two attached hydrogens (primary N) is 1. The van der Waals surface area contributed by atoms with Crippen LogP contribution in [0.1, 0.15) is 23.2 Å². The van der Waals surface area contributed by atoms with Gasteiger partial charge in [-0.1, -0.05) is 23.0 Å². The largest absolute Gasteiger partial charge is 0.435 e. The van der Waals surface area contributed by atoms with Crippen LogP contribution in [0.2, 0.25) is 0 Å². The number of para-hydroxylation sites is 1. The van der Waals surface area contributed by atoms with Gasteiger partial charge in [-0.05, 0) is 25.0 Å². The Morgan fingerprint density at radius 2 is 1.96 bits per heavy atom. The minimum atomic E-state index is -0.694. The molecule has 9 nitrogen and oxygen atoms in total. The summed E-state index contributed by atoms with van der Waals surface area (Å²) in [5.74, 6) is -0.535. The van der Waals surface area contributed by atoms with E-state index in [2.05, 4.69) is 16.5 Å². The smallest absolute Gasteiger partial charge is 0.365 e. The molecule has 1 aliphatic rings. The Labute approximate surface area is 149 Å². The molecule has 26 heavy (non-hydrogen) atoms. The molecule has 0 radical (unpaired) electrons. The molecule has 1 aromatic heterocycles. The molecule has 3 N–H and O–H groups in total. The number of piperidine rings is 1. The van der Waals surface area contributed by atoms with Crippen molar-refractivity contribution in [3.8, 4) is 6.07 Å². The lowest BCUT2D eigenvalue weighted by Crippen LogP contribution is -2.42. The van der Waals surface area contributed by atoms with Crippen LogP contribution in [0.4, 0.5) is 16.3 Å². The summed E-state index contributed by atoms with van der Waals surface area (Å²) in [6.07, 6.45) is 1.88. The van der Waals surface area contributed by atoms with Crippen LogP contribution in [0.5, 0.6) is 0 Å². The van der Waals surface area contributed by atoms with Crippen molar-refractivity contribution in [2.24, 2.45) is 11.7 Å². The summed E-state index contributed by atoms with van der Waals surface area (Å²) in [6.45, 7) is 0.881. The van der Waals surface area contributed by atoms with Gasteiger partial charge in [0, 0.05) is 24.7 Å². The quantitative estimate of drug-likeness (QED) is 0.857. The Morgan fingerprint density at radius 3 is 2.58 bits per heavy atom. The minimum absolute atomic E-state index is 0.0353. The van der Waals surface area contributed by atoms with Crippen LogP contribution >= 0.6 is 0 Å². The summed E-state index contributed by atoms with van der Waals surface area (Å²) < 4.78 is 0. The highest BCUT2D eigenvalue weighted by atomic mass is 16.7. The van der Waals surface area contributed by atoms with E-state index in [1.54, 1.807) is 12.1 Å². The fourth-order valence-corrected chi connectivity index (χ4v) is 2.66. The number of aromatic nitrogens is 2. The highest BCUT2D eigenvalue weighted by molar-refractivity contribution is 5.98. The van der Waals surface area contributed by atoms with E-state index in [1.165, 1.54) is 11.1 Å². The van der Waals surface area contributed by atoms with E-state index in [4.69, 9.17) is 15.8 Å². The molecule has 0 aliphatic carbocycles. The maximum absolute atomic E-state index is 12.2. The number of nitrogens with one attached hydrogen (secondary N) is 1. The van der Waals surface area contributed by atoms with Gasteiger partial charge in [0.05, 0.1) is 12.3 Å². The number of amides is 2. The Morgan fingerprint density at radius 1 is 1.27 bits per heavy atom. The number of rotatable bonds is 4. The number of primary amides is 1. The molecule has 3 rings (SSSR count). The lowest BCUT2D eigenvalue weighted by molar-refractivity contribution is 0.0701. The van der Waals surface area contributed by atoms with Crippen molar-refractivity contribution in [3.63, 3.8) is 0 Å². The summed E-state index contributed by atoms with van der Waals surface area (Å²) in [6, 6.07) is 11.3. The average molecular weight is 354 g/mol. The maximum Gasteiger partial charge on any atom is 0.435 e. The number of nitrogens with zero attached hydrogens (tertiary/aromatic N) is 4. The molecular formula is C17H18N6O3. The van der Waals surface area contributed by atoms with E-state index in [0.717, 1.165) is 4.85 Å². The number of hydrogen-bond acceptors (Lipinski definition) is 6. The monoisotopic (exact) mass is 354 g/mol. The van der Waals surface area contributed by atoms with E-state index in [-0.39, 0.29) is 17.3 Å². The number of likely N-dealkylation sites (tertiary alicyclic amines) is 1. The highest BCUT2D eigenvalue weighted by Crippen LogP contribution is 2.19. The summed E-state index contributed by atoms with van der Waals surface area (Å²) in [5.41, 5.74) is 6.19. The molecule has 2 aromatic rings. The van der Waals surface area contributed by atoms with E-state index in [0.29, 0.717) is 31.6 Å². The molecule has 1 saturated heterocycles. The summed E-state index contributed by atoms with van der Waals surface area (Å²) >= 11 is 0. The van der Waals surface area contributed by atoms with Crippen molar-refractivity contribution in [1.82, 2.24) is 14.8 Å². The van der Waals surface area contributed by atoms with Crippen molar-refractivity contribution in [3.05, 3.63) is 42.1 Å². The predicted molar refractivity (Wildman–Crippen MR) is 92.4 cm³/mol. The van der Waals surface area contributed by atoms with Crippen LogP contribution in [0.25, 0.3) is 0 Å². The normalized spacial score (nSPS) is 14.5. The molecule has 0 spiro atoms. The van der Waals surface area contributed by atoms with Crippen LogP contribution in [0.3, 0.4) is 0 Å².